The molecule has 1 rings (SSSR count). The van der Waals surface area contributed by atoms with Crippen LogP contribution in [0.5, 0.6) is 11.5 Å². The number of rotatable bonds is 13. The Morgan fingerprint density at radius 3 is 1.67 bits per heavy atom. The van der Waals surface area contributed by atoms with Crippen molar-refractivity contribution in [2.75, 3.05) is 53.7 Å². The van der Waals surface area contributed by atoms with E-state index < -0.39 is 5.97 Å². The predicted octanol–water partition coefficient (Wildman–Crippen LogP) is -0.332. The Kier molecular flexibility index (Phi) is 10.3. The molecule has 0 aromatic heterocycles. The van der Waals surface area contributed by atoms with Crippen LogP contribution in [0.1, 0.15) is 10.4 Å². The van der Waals surface area contributed by atoms with Crippen LogP contribution < -0.4 is 20.1 Å². The lowest BCUT2D eigenvalue weighted by Crippen LogP contribution is -2.31. The Balaban J connectivity index is 2.64. The second-order valence-electron chi connectivity index (χ2n) is 5.26. The molecule has 0 unspecified atom stereocenters. The summed E-state index contributed by atoms with van der Waals surface area (Å²) in [6, 6.07) is 3.92. The second kappa shape index (κ2) is 12.5. The van der Waals surface area contributed by atoms with Crippen molar-refractivity contribution in [3.8, 4) is 11.5 Å². The Morgan fingerprint density at radius 2 is 1.30 bits per heavy atom. The van der Waals surface area contributed by atoms with E-state index >= 15 is 0 Å². The Hall–Kier alpha value is -2.85. The first kappa shape index (κ1) is 22.2. The molecule has 0 aliphatic rings. The molecule has 0 heterocycles. The van der Waals surface area contributed by atoms with Gasteiger partial charge in [0.2, 0.25) is 0 Å². The van der Waals surface area contributed by atoms with Crippen LogP contribution in [0.3, 0.4) is 0 Å². The zero-order chi connectivity index (χ0) is 20.1. The van der Waals surface area contributed by atoms with E-state index in [1.54, 1.807) is 0 Å². The van der Waals surface area contributed by atoms with Crippen molar-refractivity contribution in [2.24, 2.45) is 0 Å². The highest BCUT2D eigenvalue weighted by Crippen LogP contribution is 2.23. The van der Waals surface area contributed by atoms with Crippen LogP contribution in [-0.4, -0.2) is 76.6 Å². The van der Waals surface area contributed by atoms with Gasteiger partial charge in [-0.05, 0) is 12.1 Å². The quantitative estimate of drug-likeness (QED) is 0.394. The van der Waals surface area contributed by atoms with Crippen LogP contribution in [0, 0.1) is 0 Å². The summed E-state index contributed by atoms with van der Waals surface area (Å²) in [4.78, 5) is 34.5. The molecule has 1 aromatic rings. The third kappa shape index (κ3) is 9.42. The molecule has 27 heavy (non-hydrogen) atoms. The summed E-state index contributed by atoms with van der Waals surface area (Å²) in [5, 5.41) is 14.3. The number of carboxylic acid groups (broad SMARTS) is 1. The highest BCUT2D eigenvalue weighted by atomic mass is 16.5. The first-order chi connectivity index (χ1) is 13.0. The number of aromatic carboxylic acids is 1. The Bertz CT molecular complexity index is 591. The largest absolute Gasteiger partial charge is 0.484 e. The molecule has 0 fully saturated rings. The summed E-state index contributed by atoms with van der Waals surface area (Å²) in [6.45, 7) is 0.795. The van der Waals surface area contributed by atoms with Crippen molar-refractivity contribution < 1.29 is 38.4 Å². The molecule has 0 aliphatic carbocycles. The third-order valence-electron chi connectivity index (χ3n) is 3.12. The molecule has 0 spiro atoms. The summed E-state index contributed by atoms with van der Waals surface area (Å²) >= 11 is 0. The van der Waals surface area contributed by atoms with E-state index in [2.05, 4.69) is 10.6 Å². The minimum atomic E-state index is -1.20. The predicted molar refractivity (Wildman–Crippen MR) is 94.2 cm³/mol. The standard InChI is InChI=1S/C17H24N2O8/c1-24-5-3-18-15(20)10-26-13-7-12(17(22)23)8-14(9-13)27-11-16(21)19-4-6-25-2/h7-9H,3-6,10-11H2,1-2H3,(H,18,20)(H,19,21)(H,22,23). The number of ether oxygens (including phenoxy) is 4. The lowest BCUT2D eigenvalue weighted by Gasteiger charge is -2.11. The summed E-state index contributed by atoms with van der Waals surface area (Å²) in [6.07, 6.45) is 0. The lowest BCUT2D eigenvalue weighted by atomic mass is 10.2. The number of benzene rings is 1. The molecule has 0 radical (unpaired) electrons. The average Bonchev–Trinajstić information content (AvgIpc) is 2.65. The fourth-order valence-electron chi connectivity index (χ4n) is 1.85. The van der Waals surface area contributed by atoms with Crippen LogP contribution in [0.2, 0.25) is 0 Å². The lowest BCUT2D eigenvalue weighted by molar-refractivity contribution is -0.123. The van der Waals surface area contributed by atoms with E-state index in [-0.39, 0.29) is 42.1 Å². The first-order valence-electron chi connectivity index (χ1n) is 8.11. The zero-order valence-electron chi connectivity index (χ0n) is 15.3. The number of nitrogens with one attached hydrogen (secondary N) is 2. The van der Waals surface area contributed by atoms with Crippen LogP contribution in [-0.2, 0) is 19.1 Å². The second-order valence-corrected chi connectivity index (χ2v) is 5.26. The van der Waals surface area contributed by atoms with Gasteiger partial charge in [0.15, 0.2) is 13.2 Å². The topological polar surface area (TPSA) is 132 Å². The van der Waals surface area contributed by atoms with Gasteiger partial charge in [-0.3, -0.25) is 9.59 Å². The summed E-state index contributed by atoms with van der Waals surface area (Å²) < 4.78 is 20.2. The monoisotopic (exact) mass is 384 g/mol. The fraction of sp³-hybridized carbons (Fsp3) is 0.471. The fourth-order valence-corrected chi connectivity index (χ4v) is 1.85. The molecule has 0 bridgehead atoms. The molecule has 10 nitrogen and oxygen atoms in total. The van der Waals surface area contributed by atoms with Crippen molar-refractivity contribution in [3.63, 3.8) is 0 Å². The number of hydrogen-bond donors (Lipinski definition) is 3. The van der Waals surface area contributed by atoms with Crippen molar-refractivity contribution in [2.45, 2.75) is 0 Å². The van der Waals surface area contributed by atoms with Crippen LogP contribution in [0.15, 0.2) is 18.2 Å². The Labute approximate surface area is 156 Å². The SMILES string of the molecule is COCCNC(=O)COc1cc(OCC(=O)NCCOC)cc(C(=O)O)c1. The van der Waals surface area contributed by atoms with Gasteiger partial charge in [0, 0.05) is 33.4 Å². The van der Waals surface area contributed by atoms with Gasteiger partial charge < -0.3 is 34.7 Å². The molecule has 0 saturated heterocycles. The highest BCUT2D eigenvalue weighted by Gasteiger charge is 2.11. The number of carbonyl (C=O) groups is 3. The summed E-state index contributed by atoms with van der Waals surface area (Å²) in [5.41, 5.74) is -0.0953. The van der Waals surface area contributed by atoms with Crippen LogP contribution in [0.4, 0.5) is 0 Å². The minimum Gasteiger partial charge on any atom is -0.484 e. The minimum absolute atomic E-state index is 0.0953. The number of methoxy groups -OCH3 is 2. The number of carboxylic acids is 1. The van der Waals surface area contributed by atoms with E-state index in [0.717, 1.165) is 0 Å². The molecule has 2 amide bonds. The van der Waals surface area contributed by atoms with Crippen molar-refractivity contribution in [3.05, 3.63) is 23.8 Å². The van der Waals surface area contributed by atoms with Gasteiger partial charge in [-0.1, -0.05) is 0 Å². The molecule has 1 aromatic carbocycles. The highest BCUT2D eigenvalue weighted by molar-refractivity contribution is 5.88. The van der Waals surface area contributed by atoms with Gasteiger partial charge in [0.25, 0.3) is 11.8 Å². The summed E-state index contributed by atoms with van der Waals surface area (Å²) in [5.74, 6) is -1.70. The number of amides is 2. The Morgan fingerprint density at radius 1 is 0.852 bits per heavy atom. The van der Waals surface area contributed by atoms with Crippen LogP contribution >= 0.6 is 0 Å². The van der Waals surface area contributed by atoms with Gasteiger partial charge in [0.1, 0.15) is 11.5 Å². The molecule has 3 N–H and O–H groups in total. The maximum Gasteiger partial charge on any atom is 0.335 e. The molecule has 10 heteroatoms. The van der Waals surface area contributed by atoms with Crippen molar-refractivity contribution >= 4 is 17.8 Å². The van der Waals surface area contributed by atoms with Crippen molar-refractivity contribution in [1.82, 2.24) is 10.6 Å². The van der Waals surface area contributed by atoms with E-state index in [4.69, 9.17) is 18.9 Å². The summed E-state index contributed by atoms with van der Waals surface area (Å²) in [7, 11) is 3.03. The average molecular weight is 384 g/mol. The van der Waals surface area contributed by atoms with E-state index in [1.807, 2.05) is 0 Å². The van der Waals surface area contributed by atoms with Gasteiger partial charge >= 0.3 is 5.97 Å². The van der Waals surface area contributed by atoms with E-state index in [9.17, 15) is 19.5 Å². The van der Waals surface area contributed by atoms with E-state index in [0.29, 0.717) is 26.3 Å². The van der Waals surface area contributed by atoms with E-state index in [1.165, 1.54) is 32.4 Å². The van der Waals surface area contributed by atoms with Gasteiger partial charge in [-0.25, -0.2) is 4.79 Å². The molecular formula is C17H24N2O8. The zero-order valence-corrected chi connectivity index (χ0v) is 15.3. The number of hydrogen-bond acceptors (Lipinski definition) is 7. The maximum atomic E-state index is 11.6. The first-order valence-corrected chi connectivity index (χ1v) is 8.11. The molecule has 0 saturated carbocycles. The van der Waals surface area contributed by atoms with Gasteiger partial charge in [0.05, 0.1) is 18.8 Å². The number of carbonyl (C=O) groups excluding carboxylic acids is 2. The van der Waals surface area contributed by atoms with Crippen LogP contribution in [0.25, 0.3) is 0 Å². The smallest absolute Gasteiger partial charge is 0.335 e. The van der Waals surface area contributed by atoms with Gasteiger partial charge in [-0.2, -0.15) is 0 Å². The van der Waals surface area contributed by atoms with Crippen molar-refractivity contribution in [1.29, 1.82) is 0 Å². The maximum absolute atomic E-state index is 11.6. The molecular weight excluding hydrogens is 360 g/mol. The molecule has 150 valence electrons. The third-order valence-corrected chi connectivity index (χ3v) is 3.12. The molecule has 0 atom stereocenters. The normalized spacial score (nSPS) is 10.1. The molecule has 0 aliphatic heterocycles. The van der Waals surface area contributed by atoms with Gasteiger partial charge in [-0.15, -0.1) is 0 Å².